The van der Waals surface area contributed by atoms with E-state index in [4.69, 9.17) is 9.47 Å². The molecule has 0 atom stereocenters. The molecule has 3 aromatic carbocycles. The summed E-state index contributed by atoms with van der Waals surface area (Å²) in [5.74, 6) is 2.60. The second kappa shape index (κ2) is 8.84. The van der Waals surface area contributed by atoms with Crippen LogP contribution in [0.3, 0.4) is 0 Å². The van der Waals surface area contributed by atoms with Crippen molar-refractivity contribution in [2.24, 2.45) is 7.05 Å². The zero-order valence-electron chi connectivity index (χ0n) is 17.9. The molecule has 0 fully saturated rings. The minimum absolute atomic E-state index is 0.273. The highest BCUT2D eigenvalue weighted by Gasteiger charge is 2.17. The second-order valence-electron chi connectivity index (χ2n) is 7.29. The van der Waals surface area contributed by atoms with Crippen molar-refractivity contribution < 1.29 is 13.9 Å². The van der Waals surface area contributed by atoms with E-state index in [1.807, 2.05) is 54.6 Å². The van der Waals surface area contributed by atoms with Crippen molar-refractivity contribution in [1.29, 1.82) is 0 Å². The lowest BCUT2D eigenvalue weighted by atomic mass is 10.1. The summed E-state index contributed by atoms with van der Waals surface area (Å²) in [6.45, 7) is 0. The molecule has 0 saturated heterocycles. The maximum Gasteiger partial charge on any atom is 0.174 e. The van der Waals surface area contributed by atoms with Crippen molar-refractivity contribution >= 4 is 33.6 Å². The highest BCUT2D eigenvalue weighted by Crippen LogP contribution is 2.47. The fraction of sp³-hybridized carbons (Fsp3) is 0.0800. The highest BCUT2D eigenvalue weighted by atomic mass is 32.1. The van der Waals surface area contributed by atoms with Crippen molar-refractivity contribution in [3.63, 3.8) is 0 Å². The van der Waals surface area contributed by atoms with Gasteiger partial charge in [-0.3, -0.25) is 0 Å². The standard InChI is InChI=1S/C25H19FN4O2S/c1-30-23(27-28-29-30)14-5-16-3-10-19(11-4-16)32-24-21-13-12-20(31-2)15-22(21)33-25(24)17-6-8-18(26)9-7-17/h3-15H,1-2H3. The van der Waals surface area contributed by atoms with E-state index in [9.17, 15) is 4.39 Å². The molecule has 0 aliphatic heterocycles. The summed E-state index contributed by atoms with van der Waals surface area (Å²) in [6, 6.07) is 20.1. The van der Waals surface area contributed by atoms with Crippen LogP contribution in [-0.4, -0.2) is 27.3 Å². The largest absolute Gasteiger partial charge is 0.497 e. The minimum atomic E-state index is -0.273. The van der Waals surface area contributed by atoms with Crippen LogP contribution >= 0.6 is 11.3 Å². The summed E-state index contributed by atoms with van der Waals surface area (Å²) in [5.41, 5.74) is 1.88. The summed E-state index contributed by atoms with van der Waals surface area (Å²) in [4.78, 5) is 0.928. The van der Waals surface area contributed by atoms with Gasteiger partial charge in [-0.15, -0.1) is 16.4 Å². The average molecular weight is 459 g/mol. The maximum atomic E-state index is 13.5. The van der Waals surface area contributed by atoms with Crippen LogP contribution in [0.5, 0.6) is 17.2 Å². The van der Waals surface area contributed by atoms with E-state index in [1.165, 1.54) is 12.1 Å². The van der Waals surface area contributed by atoms with Crippen molar-refractivity contribution in [3.8, 4) is 27.7 Å². The fourth-order valence-electron chi connectivity index (χ4n) is 3.39. The molecule has 5 rings (SSSR count). The lowest BCUT2D eigenvalue weighted by Gasteiger charge is -2.09. The van der Waals surface area contributed by atoms with Crippen molar-refractivity contribution in [2.75, 3.05) is 7.11 Å². The van der Waals surface area contributed by atoms with Crippen molar-refractivity contribution in [1.82, 2.24) is 20.2 Å². The van der Waals surface area contributed by atoms with Gasteiger partial charge in [0.2, 0.25) is 0 Å². The molecule has 2 aromatic heterocycles. The molecule has 33 heavy (non-hydrogen) atoms. The molecule has 5 aromatic rings. The predicted octanol–water partition coefficient (Wildman–Crippen LogP) is 6.20. The quantitative estimate of drug-likeness (QED) is 0.303. The minimum Gasteiger partial charge on any atom is -0.497 e. The Kier molecular flexibility index (Phi) is 5.58. The van der Waals surface area contributed by atoms with Gasteiger partial charge in [0, 0.05) is 17.1 Å². The average Bonchev–Trinajstić information content (AvgIpc) is 3.41. The molecule has 164 valence electrons. The molecular formula is C25H19FN4O2S. The molecule has 0 aliphatic carbocycles. The van der Waals surface area contributed by atoms with E-state index >= 15 is 0 Å². The summed E-state index contributed by atoms with van der Waals surface area (Å²) in [5, 5.41) is 12.4. The molecule has 6 nitrogen and oxygen atoms in total. The first-order chi connectivity index (χ1) is 16.1. The zero-order chi connectivity index (χ0) is 22.8. The first-order valence-corrected chi connectivity index (χ1v) is 11.0. The van der Waals surface area contributed by atoms with Crippen LogP contribution in [0.4, 0.5) is 4.39 Å². The first-order valence-electron chi connectivity index (χ1n) is 10.2. The SMILES string of the molecule is COc1ccc2c(Oc3ccc(C=Cc4nnnn4C)cc3)c(-c3ccc(F)cc3)sc2c1. The number of hydrogen-bond acceptors (Lipinski definition) is 6. The van der Waals surface area contributed by atoms with Crippen molar-refractivity contribution in [2.45, 2.75) is 0 Å². The number of aryl methyl sites for hydroxylation is 1. The smallest absolute Gasteiger partial charge is 0.174 e. The van der Waals surface area contributed by atoms with Gasteiger partial charge in [-0.1, -0.05) is 30.3 Å². The van der Waals surface area contributed by atoms with Crippen LogP contribution in [0.2, 0.25) is 0 Å². The molecular weight excluding hydrogens is 439 g/mol. The number of nitrogens with zero attached hydrogens (tertiary/aromatic N) is 4. The van der Waals surface area contributed by atoms with E-state index in [2.05, 4.69) is 15.5 Å². The van der Waals surface area contributed by atoms with E-state index in [0.29, 0.717) is 11.6 Å². The molecule has 0 amide bonds. The zero-order valence-corrected chi connectivity index (χ0v) is 18.7. The Morgan fingerprint density at radius 2 is 1.70 bits per heavy atom. The number of hydrogen-bond donors (Lipinski definition) is 0. The summed E-state index contributed by atoms with van der Waals surface area (Å²) < 4.78 is 27.9. The Labute approximate surface area is 193 Å². The summed E-state index contributed by atoms with van der Waals surface area (Å²) in [6.07, 6.45) is 3.79. The molecule has 0 unspecified atom stereocenters. The number of aromatic nitrogens is 4. The van der Waals surface area contributed by atoms with E-state index in [-0.39, 0.29) is 5.82 Å². The molecule has 2 heterocycles. The van der Waals surface area contributed by atoms with E-state index in [1.54, 1.807) is 42.3 Å². The Morgan fingerprint density at radius 1 is 0.939 bits per heavy atom. The van der Waals surface area contributed by atoms with E-state index < -0.39 is 0 Å². The number of fused-ring (bicyclic) bond motifs is 1. The molecule has 0 radical (unpaired) electrons. The number of thiophene rings is 1. The Hall–Kier alpha value is -4.04. The molecule has 0 spiro atoms. The van der Waals surface area contributed by atoms with Crippen LogP contribution in [0.15, 0.2) is 66.7 Å². The normalized spacial score (nSPS) is 11.4. The van der Waals surface area contributed by atoms with Gasteiger partial charge in [0.05, 0.1) is 12.0 Å². The van der Waals surface area contributed by atoms with Crippen LogP contribution in [0.1, 0.15) is 11.4 Å². The number of halogens is 1. The highest BCUT2D eigenvalue weighted by molar-refractivity contribution is 7.22. The lowest BCUT2D eigenvalue weighted by Crippen LogP contribution is -1.93. The summed E-state index contributed by atoms with van der Waals surface area (Å²) in [7, 11) is 3.43. The van der Waals surface area contributed by atoms with Crippen LogP contribution in [-0.2, 0) is 7.05 Å². The number of methoxy groups -OCH3 is 1. The van der Waals surface area contributed by atoms with Crippen LogP contribution in [0.25, 0.3) is 32.7 Å². The summed E-state index contributed by atoms with van der Waals surface area (Å²) >= 11 is 1.58. The monoisotopic (exact) mass is 458 g/mol. The third-order valence-electron chi connectivity index (χ3n) is 5.14. The van der Waals surface area contributed by atoms with Gasteiger partial charge in [0.15, 0.2) is 11.6 Å². The number of benzene rings is 3. The number of tetrazole rings is 1. The molecule has 0 saturated carbocycles. The van der Waals surface area contributed by atoms with Gasteiger partial charge in [-0.2, -0.15) is 0 Å². The molecule has 0 aliphatic rings. The van der Waals surface area contributed by atoms with Gasteiger partial charge < -0.3 is 9.47 Å². The van der Waals surface area contributed by atoms with Crippen LogP contribution in [0, 0.1) is 5.82 Å². The molecule has 0 bridgehead atoms. The van der Waals surface area contributed by atoms with Gasteiger partial charge in [-0.05, 0) is 70.1 Å². The Bertz CT molecular complexity index is 1440. The second-order valence-corrected chi connectivity index (χ2v) is 8.35. The third-order valence-corrected chi connectivity index (χ3v) is 6.32. The van der Waals surface area contributed by atoms with Crippen LogP contribution < -0.4 is 9.47 Å². The van der Waals surface area contributed by atoms with Gasteiger partial charge in [0.1, 0.15) is 17.3 Å². The molecule has 8 heteroatoms. The fourth-order valence-corrected chi connectivity index (χ4v) is 4.55. The Morgan fingerprint density at radius 3 is 2.39 bits per heavy atom. The Balaban J connectivity index is 1.48. The lowest BCUT2D eigenvalue weighted by molar-refractivity contribution is 0.415. The topological polar surface area (TPSA) is 62.1 Å². The predicted molar refractivity (Wildman–Crippen MR) is 128 cm³/mol. The van der Waals surface area contributed by atoms with Gasteiger partial charge >= 0.3 is 0 Å². The van der Waals surface area contributed by atoms with E-state index in [0.717, 1.165) is 37.6 Å². The first kappa shape index (κ1) is 20.8. The third kappa shape index (κ3) is 4.33. The van der Waals surface area contributed by atoms with Crippen molar-refractivity contribution in [3.05, 3.63) is 83.9 Å². The number of ether oxygens (including phenoxy) is 2. The molecule has 0 N–H and O–H groups in total. The number of rotatable bonds is 6. The van der Waals surface area contributed by atoms with Gasteiger partial charge in [0.25, 0.3) is 0 Å². The van der Waals surface area contributed by atoms with Gasteiger partial charge in [-0.25, -0.2) is 9.07 Å². The maximum absolute atomic E-state index is 13.5.